The van der Waals surface area contributed by atoms with E-state index in [1.807, 2.05) is 6.07 Å². The summed E-state index contributed by atoms with van der Waals surface area (Å²) in [6, 6.07) is 4.73. The van der Waals surface area contributed by atoms with Crippen LogP contribution in [0.5, 0.6) is 11.5 Å². The van der Waals surface area contributed by atoms with Gasteiger partial charge in [-0.05, 0) is 50.4 Å². The van der Waals surface area contributed by atoms with Gasteiger partial charge in [-0.15, -0.1) is 0 Å². The summed E-state index contributed by atoms with van der Waals surface area (Å²) in [5.41, 5.74) is 2.57. The third kappa shape index (κ3) is 1.27. The summed E-state index contributed by atoms with van der Waals surface area (Å²) in [7, 11) is 3.91. The molecule has 5 rings (SSSR count). The number of likely N-dealkylation sites (N-methyl/N-ethyl adjacent to an activating group) is 1. The fraction of sp³-hybridized carbons (Fsp3) is 0.611. The van der Waals surface area contributed by atoms with E-state index in [1.54, 1.807) is 7.11 Å². The van der Waals surface area contributed by atoms with Crippen LogP contribution in [0.3, 0.4) is 0 Å². The number of benzene rings is 1. The Bertz CT molecular complexity index is 685. The van der Waals surface area contributed by atoms with Crippen LogP contribution in [0.4, 0.5) is 0 Å². The predicted octanol–water partition coefficient (Wildman–Crippen LogP) is 1.93. The summed E-state index contributed by atoms with van der Waals surface area (Å²) in [6.07, 6.45) is 3.47. The molecule has 22 heavy (non-hydrogen) atoms. The molecule has 1 saturated heterocycles. The average molecular weight is 299 g/mol. The highest BCUT2D eigenvalue weighted by atomic mass is 16.5. The van der Waals surface area contributed by atoms with Gasteiger partial charge in [-0.1, -0.05) is 6.07 Å². The van der Waals surface area contributed by atoms with Gasteiger partial charge < -0.3 is 14.4 Å². The largest absolute Gasteiger partial charge is 0.493 e. The van der Waals surface area contributed by atoms with Crippen molar-refractivity contribution in [2.24, 2.45) is 5.92 Å². The van der Waals surface area contributed by atoms with Gasteiger partial charge in [0.05, 0.1) is 7.11 Å². The van der Waals surface area contributed by atoms with Crippen LogP contribution < -0.4 is 9.47 Å². The molecule has 116 valence electrons. The third-order valence-electron chi connectivity index (χ3n) is 6.59. The second kappa shape index (κ2) is 4.05. The van der Waals surface area contributed by atoms with Crippen LogP contribution in [0.15, 0.2) is 12.1 Å². The number of carbonyl (C=O) groups is 1. The second-order valence-corrected chi connectivity index (χ2v) is 7.28. The first-order valence-electron chi connectivity index (χ1n) is 8.27. The molecule has 0 aromatic heterocycles. The minimum Gasteiger partial charge on any atom is -0.493 e. The van der Waals surface area contributed by atoms with Gasteiger partial charge in [0.25, 0.3) is 0 Å². The number of rotatable bonds is 1. The summed E-state index contributed by atoms with van der Waals surface area (Å²) >= 11 is 0. The first-order valence-corrected chi connectivity index (χ1v) is 8.27. The zero-order valence-corrected chi connectivity index (χ0v) is 13.1. The molecule has 1 saturated carbocycles. The molecule has 0 amide bonds. The summed E-state index contributed by atoms with van der Waals surface area (Å²) in [4.78, 5) is 15.1. The molecule has 4 aliphatic rings. The van der Waals surface area contributed by atoms with E-state index in [1.165, 1.54) is 11.1 Å². The van der Waals surface area contributed by atoms with Crippen LogP contribution in [0.25, 0.3) is 0 Å². The number of Topliss-reactive ketones (excluding diaryl/α,β-unsaturated/α-hetero) is 1. The number of ether oxygens (including phenoxy) is 2. The maximum absolute atomic E-state index is 12.6. The van der Waals surface area contributed by atoms with Crippen molar-refractivity contribution < 1.29 is 14.3 Å². The maximum atomic E-state index is 12.6. The molecule has 2 aliphatic heterocycles. The van der Waals surface area contributed by atoms with Gasteiger partial charge in [-0.3, -0.25) is 4.79 Å². The van der Waals surface area contributed by atoms with E-state index in [9.17, 15) is 4.79 Å². The first-order chi connectivity index (χ1) is 10.7. The molecule has 1 aromatic carbocycles. The summed E-state index contributed by atoms with van der Waals surface area (Å²) < 4.78 is 11.8. The lowest BCUT2D eigenvalue weighted by molar-refractivity contribution is -0.138. The molecule has 2 fully saturated rings. The average Bonchev–Trinajstić information content (AvgIpc) is 2.88. The number of hydrogen-bond acceptors (Lipinski definition) is 4. The molecule has 1 aromatic rings. The number of methoxy groups -OCH3 is 1. The van der Waals surface area contributed by atoms with Crippen LogP contribution in [0.1, 0.15) is 30.4 Å². The molecule has 4 atom stereocenters. The summed E-state index contributed by atoms with van der Waals surface area (Å²) in [6.45, 7) is 1.05. The van der Waals surface area contributed by atoms with Crippen molar-refractivity contribution in [2.45, 2.75) is 43.2 Å². The highest BCUT2D eigenvalue weighted by Gasteiger charge is 2.65. The Morgan fingerprint density at radius 3 is 3.09 bits per heavy atom. The van der Waals surface area contributed by atoms with E-state index in [2.05, 4.69) is 18.0 Å². The normalized spacial score (nSPS) is 38.5. The molecule has 0 unspecified atom stereocenters. The van der Waals surface area contributed by atoms with E-state index in [0.717, 1.165) is 37.3 Å². The summed E-state index contributed by atoms with van der Waals surface area (Å²) in [5.74, 6) is 2.46. The van der Waals surface area contributed by atoms with E-state index in [4.69, 9.17) is 9.47 Å². The maximum Gasteiger partial charge on any atom is 0.174 e. The zero-order valence-electron chi connectivity index (χ0n) is 13.1. The molecular formula is C18H21NO3. The van der Waals surface area contributed by atoms with Crippen molar-refractivity contribution in [3.63, 3.8) is 0 Å². The molecule has 4 heteroatoms. The van der Waals surface area contributed by atoms with Crippen molar-refractivity contribution in [2.75, 3.05) is 20.7 Å². The van der Waals surface area contributed by atoms with Crippen molar-refractivity contribution >= 4 is 5.78 Å². The SMILES string of the molecule is COc1ccc2c3c1O[C@@H]1C(=O)CC[C@@H]4[C@H](C2)N(C)CC[C@@]314. The minimum atomic E-state index is -0.284. The number of likely N-dealkylation sites (tertiary alicyclic amines) is 1. The van der Waals surface area contributed by atoms with E-state index < -0.39 is 0 Å². The van der Waals surface area contributed by atoms with Gasteiger partial charge in [0, 0.05) is 23.4 Å². The highest BCUT2D eigenvalue weighted by Crippen LogP contribution is 2.62. The Labute approximate surface area is 130 Å². The molecule has 4 nitrogen and oxygen atoms in total. The number of ketones is 1. The molecule has 2 aliphatic carbocycles. The summed E-state index contributed by atoms with van der Waals surface area (Å²) in [5, 5.41) is 0. The molecule has 0 N–H and O–H groups in total. The minimum absolute atomic E-state index is 0.0933. The molecule has 2 bridgehead atoms. The van der Waals surface area contributed by atoms with Gasteiger partial charge in [0.2, 0.25) is 0 Å². The van der Waals surface area contributed by atoms with Crippen molar-refractivity contribution in [1.29, 1.82) is 0 Å². The number of piperidine rings is 1. The van der Waals surface area contributed by atoms with E-state index >= 15 is 0 Å². The van der Waals surface area contributed by atoms with Crippen molar-refractivity contribution in [3.8, 4) is 11.5 Å². The van der Waals surface area contributed by atoms with E-state index in [0.29, 0.717) is 18.4 Å². The first kappa shape index (κ1) is 12.9. The fourth-order valence-electron chi connectivity index (χ4n) is 5.67. The van der Waals surface area contributed by atoms with Crippen LogP contribution >= 0.6 is 0 Å². The Kier molecular flexibility index (Phi) is 2.38. The van der Waals surface area contributed by atoms with Crippen molar-refractivity contribution in [1.82, 2.24) is 4.90 Å². The lowest BCUT2D eigenvalue weighted by Gasteiger charge is -2.57. The molecule has 1 spiro atoms. The number of hydrogen-bond donors (Lipinski definition) is 0. The Morgan fingerprint density at radius 1 is 1.41 bits per heavy atom. The Hall–Kier alpha value is -1.55. The number of nitrogens with zero attached hydrogens (tertiary/aromatic N) is 1. The third-order valence-corrected chi connectivity index (χ3v) is 6.59. The second-order valence-electron chi connectivity index (χ2n) is 7.28. The van der Waals surface area contributed by atoms with Gasteiger partial charge in [0.15, 0.2) is 23.4 Å². The monoisotopic (exact) mass is 299 g/mol. The highest BCUT2D eigenvalue weighted by molar-refractivity contribution is 5.89. The predicted molar refractivity (Wildman–Crippen MR) is 81.6 cm³/mol. The van der Waals surface area contributed by atoms with Crippen LogP contribution in [-0.4, -0.2) is 43.5 Å². The van der Waals surface area contributed by atoms with Gasteiger partial charge in [-0.2, -0.15) is 0 Å². The van der Waals surface area contributed by atoms with Crippen LogP contribution in [0.2, 0.25) is 0 Å². The van der Waals surface area contributed by atoms with Gasteiger partial charge in [0.1, 0.15) is 0 Å². The fourth-order valence-corrected chi connectivity index (χ4v) is 5.67. The van der Waals surface area contributed by atoms with Gasteiger partial charge >= 0.3 is 0 Å². The van der Waals surface area contributed by atoms with E-state index in [-0.39, 0.29) is 17.3 Å². The quantitative estimate of drug-likeness (QED) is 0.794. The Balaban J connectivity index is 1.81. The number of carbonyl (C=O) groups excluding carboxylic acids is 1. The van der Waals surface area contributed by atoms with Crippen LogP contribution in [-0.2, 0) is 16.6 Å². The Morgan fingerprint density at radius 2 is 2.27 bits per heavy atom. The lowest BCUT2D eigenvalue weighted by atomic mass is 9.52. The smallest absolute Gasteiger partial charge is 0.174 e. The van der Waals surface area contributed by atoms with Crippen LogP contribution in [0, 0.1) is 5.92 Å². The molecule has 2 heterocycles. The standard InChI is InChI=1S/C18H21NO3/c1-19-8-7-18-11-4-5-13(20)17(18)22-16-14(21-2)6-3-10(15(16)18)9-12(11)19/h3,6,11-12,17H,4-5,7-9H2,1-2H3/t11-,12+,17-,18-/m1/s1. The molecule has 0 radical (unpaired) electrons. The zero-order chi connectivity index (χ0) is 15.1. The topological polar surface area (TPSA) is 38.8 Å². The van der Waals surface area contributed by atoms with Crippen molar-refractivity contribution in [3.05, 3.63) is 23.3 Å². The molecular weight excluding hydrogens is 278 g/mol. The van der Waals surface area contributed by atoms with Gasteiger partial charge in [-0.25, -0.2) is 0 Å². The lowest BCUT2D eigenvalue weighted by Crippen LogP contribution is -2.65.